The molecule has 9 heteroatoms. The number of carbonyl (C=O) groups excluding carboxylic acids is 2. The fraction of sp³-hybridized carbons (Fsp3) is 0.318. The summed E-state index contributed by atoms with van der Waals surface area (Å²) in [7, 11) is 1.59. The molecule has 0 radical (unpaired) electrons. The third kappa shape index (κ3) is 4.41. The van der Waals surface area contributed by atoms with Crippen molar-refractivity contribution in [2.75, 3.05) is 25.5 Å². The van der Waals surface area contributed by atoms with E-state index in [1.807, 2.05) is 11.8 Å². The van der Waals surface area contributed by atoms with Gasteiger partial charge in [-0.15, -0.1) is 11.3 Å². The number of anilines is 1. The first-order valence-corrected chi connectivity index (χ1v) is 10.8. The summed E-state index contributed by atoms with van der Waals surface area (Å²) < 4.78 is 5.13. The lowest BCUT2D eigenvalue weighted by atomic mass is 10.1. The summed E-state index contributed by atoms with van der Waals surface area (Å²) in [5, 5.41) is 2.85. The Bertz CT molecular complexity index is 1110. The van der Waals surface area contributed by atoms with Gasteiger partial charge in [-0.3, -0.25) is 9.59 Å². The molecule has 1 N–H and O–H groups in total. The van der Waals surface area contributed by atoms with Gasteiger partial charge < -0.3 is 15.0 Å². The second kappa shape index (κ2) is 8.81. The van der Waals surface area contributed by atoms with Crippen LogP contribution in [-0.4, -0.2) is 51.9 Å². The van der Waals surface area contributed by atoms with Gasteiger partial charge in [-0.2, -0.15) is 0 Å². The minimum atomic E-state index is -0.266. The maximum absolute atomic E-state index is 12.7. The quantitative estimate of drug-likeness (QED) is 0.657. The zero-order chi connectivity index (χ0) is 22.0. The molecule has 0 aliphatic carbocycles. The minimum absolute atomic E-state index is 0.00899. The van der Waals surface area contributed by atoms with Gasteiger partial charge in [0.15, 0.2) is 0 Å². The van der Waals surface area contributed by atoms with Gasteiger partial charge in [-0.25, -0.2) is 15.0 Å². The molecular formula is C22H23N5O3S. The molecule has 2 amide bonds. The van der Waals surface area contributed by atoms with Crippen LogP contribution in [0.3, 0.4) is 0 Å². The number of benzene rings is 1. The normalized spacial score (nSPS) is 15.7. The van der Waals surface area contributed by atoms with Crippen molar-refractivity contribution in [3.05, 3.63) is 63.6 Å². The molecule has 1 fully saturated rings. The van der Waals surface area contributed by atoms with Crippen molar-refractivity contribution < 1.29 is 14.3 Å². The van der Waals surface area contributed by atoms with E-state index in [4.69, 9.17) is 4.74 Å². The molecule has 1 aromatic carbocycles. The van der Waals surface area contributed by atoms with E-state index in [9.17, 15) is 9.59 Å². The third-order valence-corrected chi connectivity index (χ3v) is 6.29. The molecule has 0 spiro atoms. The zero-order valence-corrected chi connectivity index (χ0v) is 18.4. The van der Waals surface area contributed by atoms with E-state index in [0.29, 0.717) is 40.7 Å². The second-order valence-electron chi connectivity index (χ2n) is 7.41. The lowest BCUT2D eigenvalue weighted by Crippen LogP contribution is -2.28. The number of aromatic nitrogens is 3. The molecule has 3 heterocycles. The summed E-state index contributed by atoms with van der Waals surface area (Å²) >= 11 is 1.37. The van der Waals surface area contributed by atoms with Gasteiger partial charge >= 0.3 is 0 Å². The van der Waals surface area contributed by atoms with Crippen LogP contribution in [0.4, 0.5) is 5.69 Å². The summed E-state index contributed by atoms with van der Waals surface area (Å²) in [4.78, 5) is 41.1. The van der Waals surface area contributed by atoms with Crippen molar-refractivity contribution in [2.45, 2.75) is 26.2 Å². The van der Waals surface area contributed by atoms with Crippen LogP contribution in [0.2, 0.25) is 0 Å². The predicted molar refractivity (Wildman–Crippen MR) is 118 cm³/mol. The van der Waals surface area contributed by atoms with Crippen molar-refractivity contribution in [2.24, 2.45) is 0 Å². The molecule has 160 valence electrons. The van der Waals surface area contributed by atoms with Gasteiger partial charge in [-0.05, 0) is 44.5 Å². The fourth-order valence-corrected chi connectivity index (χ4v) is 4.35. The Balaban J connectivity index is 1.43. The zero-order valence-electron chi connectivity index (χ0n) is 17.6. The van der Waals surface area contributed by atoms with Crippen LogP contribution in [0.15, 0.2) is 36.0 Å². The Kier molecular flexibility index (Phi) is 5.94. The summed E-state index contributed by atoms with van der Waals surface area (Å²) in [5.74, 6) is 1.17. The number of hydrogen-bond donors (Lipinski definition) is 1. The van der Waals surface area contributed by atoms with Crippen molar-refractivity contribution in [3.63, 3.8) is 0 Å². The molecule has 1 aliphatic heterocycles. The van der Waals surface area contributed by atoms with Crippen LogP contribution in [0, 0.1) is 13.8 Å². The number of amides is 2. The molecule has 1 aliphatic rings. The van der Waals surface area contributed by atoms with Gasteiger partial charge in [-0.1, -0.05) is 0 Å². The lowest BCUT2D eigenvalue weighted by molar-refractivity contribution is 0.0794. The summed E-state index contributed by atoms with van der Waals surface area (Å²) in [6.45, 7) is 4.86. The van der Waals surface area contributed by atoms with E-state index >= 15 is 0 Å². The van der Waals surface area contributed by atoms with Crippen molar-refractivity contribution >= 4 is 28.8 Å². The van der Waals surface area contributed by atoms with Crippen LogP contribution in [0.1, 0.15) is 49.6 Å². The van der Waals surface area contributed by atoms with Crippen LogP contribution in [0.5, 0.6) is 5.75 Å². The second-order valence-corrected chi connectivity index (χ2v) is 8.27. The number of likely N-dealkylation sites (tertiary alicyclic amines) is 1. The molecule has 0 bridgehead atoms. The van der Waals surface area contributed by atoms with Crippen LogP contribution < -0.4 is 10.1 Å². The monoisotopic (exact) mass is 437 g/mol. The molecule has 0 saturated carbocycles. The molecule has 3 aromatic rings. The topological polar surface area (TPSA) is 97.3 Å². The largest absolute Gasteiger partial charge is 0.497 e. The number of ether oxygens (including phenoxy) is 1. The van der Waals surface area contributed by atoms with Crippen LogP contribution in [-0.2, 0) is 0 Å². The number of nitrogens with zero attached hydrogens (tertiary/aromatic N) is 4. The highest BCUT2D eigenvalue weighted by atomic mass is 32.1. The SMILES string of the molecule is COc1ccc(NC(=O)c2cnc(C3CCN(C(=O)c4scnc4C)C3)nc2C)cc1. The van der Waals surface area contributed by atoms with Gasteiger partial charge in [0, 0.05) is 30.9 Å². The number of hydrogen-bond acceptors (Lipinski definition) is 7. The molecule has 1 atom stereocenters. The van der Waals surface area contributed by atoms with Gasteiger partial charge in [0.2, 0.25) is 0 Å². The Hall–Kier alpha value is -3.33. The van der Waals surface area contributed by atoms with E-state index < -0.39 is 0 Å². The summed E-state index contributed by atoms with van der Waals surface area (Å²) in [6.07, 6.45) is 2.36. The molecule has 1 saturated heterocycles. The van der Waals surface area contributed by atoms with Crippen molar-refractivity contribution in [1.82, 2.24) is 19.9 Å². The number of nitrogens with one attached hydrogen (secondary N) is 1. The summed E-state index contributed by atoms with van der Waals surface area (Å²) in [5.41, 5.74) is 4.15. The molecule has 8 nitrogen and oxygen atoms in total. The van der Waals surface area contributed by atoms with E-state index in [2.05, 4.69) is 20.3 Å². The molecule has 2 aromatic heterocycles. The van der Waals surface area contributed by atoms with Crippen molar-refractivity contribution in [1.29, 1.82) is 0 Å². The average Bonchev–Trinajstić information content (AvgIpc) is 3.43. The highest BCUT2D eigenvalue weighted by Gasteiger charge is 2.31. The number of thiazole rings is 1. The number of aryl methyl sites for hydroxylation is 2. The van der Waals surface area contributed by atoms with E-state index in [0.717, 1.165) is 17.9 Å². The lowest BCUT2D eigenvalue weighted by Gasteiger charge is -2.16. The highest BCUT2D eigenvalue weighted by Crippen LogP contribution is 2.28. The van der Waals surface area contributed by atoms with E-state index in [-0.39, 0.29) is 17.7 Å². The number of rotatable bonds is 5. The molecular weight excluding hydrogens is 414 g/mol. The third-order valence-electron chi connectivity index (χ3n) is 5.37. The maximum atomic E-state index is 12.7. The first-order valence-electron chi connectivity index (χ1n) is 9.94. The summed E-state index contributed by atoms with van der Waals surface area (Å²) in [6, 6.07) is 7.11. The predicted octanol–water partition coefficient (Wildman–Crippen LogP) is 3.44. The molecule has 31 heavy (non-hydrogen) atoms. The van der Waals surface area contributed by atoms with Gasteiger partial charge in [0.25, 0.3) is 11.8 Å². The Labute approximate surface area is 184 Å². The Morgan fingerprint density at radius 1 is 1.16 bits per heavy atom. The van der Waals surface area contributed by atoms with Crippen LogP contribution in [0.25, 0.3) is 0 Å². The molecule has 1 unspecified atom stereocenters. The Morgan fingerprint density at radius 3 is 2.58 bits per heavy atom. The van der Waals surface area contributed by atoms with E-state index in [1.54, 1.807) is 50.0 Å². The van der Waals surface area contributed by atoms with Crippen molar-refractivity contribution in [3.8, 4) is 5.75 Å². The van der Waals surface area contributed by atoms with Crippen LogP contribution >= 0.6 is 11.3 Å². The van der Waals surface area contributed by atoms with Gasteiger partial charge in [0.05, 0.1) is 29.6 Å². The maximum Gasteiger partial charge on any atom is 0.265 e. The molecule has 4 rings (SSSR count). The van der Waals surface area contributed by atoms with Gasteiger partial charge in [0.1, 0.15) is 16.5 Å². The number of methoxy groups -OCH3 is 1. The smallest absolute Gasteiger partial charge is 0.265 e. The first kappa shape index (κ1) is 20.9. The average molecular weight is 438 g/mol. The Morgan fingerprint density at radius 2 is 1.94 bits per heavy atom. The number of carbonyl (C=O) groups is 2. The highest BCUT2D eigenvalue weighted by molar-refractivity contribution is 7.11. The van der Waals surface area contributed by atoms with E-state index in [1.165, 1.54) is 11.3 Å². The first-order chi connectivity index (χ1) is 15.0. The standard InChI is InChI=1S/C22H23N5O3S/c1-13-18(21(28)26-16-4-6-17(30-3)7-5-16)10-23-20(25-13)15-8-9-27(11-15)22(29)19-14(2)24-12-31-19/h4-7,10,12,15H,8-9,11H2,1-3H3,(H,26,28). The fourth-order valence-electron chi connectivity index (χ4n) is 3.58. The minimum Gasteiger partial charge on any atom is -0.497 e.